The number of hydrogen-bond acceptors (Lipinski definition) is 5. The number of nitrogens with one attached hydrogen (secondary N) is 1. The average Bonchev–Trinajstić information content (AvgIpc) is 3.34. The van der Waals surface area contributed by atoms with Crippen LogP contribution in [0.15, 0.2) is 128 Å². The van der Waals surface area contributed by atoms with Crippen LogP contribution >= 0.6 is 0 Å². The predicted molar refractivity (Wildman–Crippen MR) is 161 cm³/mol. The van der Waals surface area contributed by atoms with E-state index in [1.165, 1.54) is 12.4 Å². The van der Waals surface area contributed by atoms with Crippen LogP contribution in [0.1, 0.15) is 16.7 Å². The first kappa shape index (κ1) is 25.7. The van der Waals surface area contributed by atoms with Gasteiger partial charge in [0, 0.05) is 24.4 Å². The van der Waals surface area contributed by atoms with Gasteiger partial charge in [-0.1, -0.05) is 97.1 Å². The normalized spacial score (nSPS) is 11.1. The molecular weight excluding hydrogens is 510 g/mol. The molecule has 0 spiro atoms. The van der Waals surface area contributed by atoms with Crippen molar-refractivity contribution in [3.8, 4) is 17.1 Å². The zero-order valence-corrected chi connectivity index (χ0v) is 22.2. The number of benzene rings is 3. The lowest BCUT2D eigenvalue weighted by atomic mass is 10.0. The second-order valence-corrected chi connectivity index (χ2v) is 9.39. The van der Waals surface area contributed by atoms with Crippen molar-refractivity contribution in [2.75, 3.05) is 5.32 Å². The number of aromatic nitrogens is 4. The Bertz CT molecular complexity index is 1790. The molecule has 0 atom stereocenters. The van der Waals surface area contributed by atoms with Crippen molar-refractivity contribution in [3.63, 3.8) is 0 Å². The Morgan fingerprint density at radius 3 is 2.17 bits per heavy atom. The molecule has 0 aliphatic carbocycles. The van der Waals surface area contributed by atoms with Gasteiger partial charge in [0.25, 0.3) is 0 Å². The van der Waals surface area contributed by atoms with E-state index in [4.69, 9.17) is 9.72 Å². The van der Waals surface area contributed by atoms with Gasteiger partial charge in [0.2, 0.25) is 11.8 Å². The van der Waals surface area contributed by atoms with E-state index < -0.39 is 0 Å². The van der Waals surface area contributed by atoms with E-state index in [-0.39, 0.29) is 5.91 Å². The molecule has 7 nitrogen and oxygen atoms in total. The second-order valence-electron chi connectivity index (χ2n) is 9.39. The van der Waals surface area contributed by atoms with Crippen LogP contribution in [0.3, 0.4) is 0 Å². The van der Waals surface area contributed by atoms with Crippen molar-refractivity contribution in [2.45, 2.75) is 13.2 Å². The van der Waals surface area contributed by atoms with Crippen molar-refractivity contribution in [1.82, 2.24) is 19.5 Å². The van der Waals surface area contributed by atoms with Gasteiger partial charge in [-0.25, -0.2) is 15.0 Å². The number of nitrogens with zero attached hydrogens (tertiary/aromatic N) is 4. The number of rotatable bonds is 9. The molecule has 0 saturated heterocycles. The third-order valence-electron chi connectivity index (χ3n) is 6.61. The number of pyridine rings is 1. The van der Waals surface area contributed by atoms with Gasteiger partial charge in [-0.3, -0.25) is 4.79 Å². The van der Waals surface area contributed by atoms with Crippen LogP contribution in [0, 0.1) is 0 Å². The van der Waals surface area contributed by atoms with Gasteiger partial charge in [-0.2, -0.15) is 0 Å². The van der Waals surface area contributed by atoms with Crippen molar-refractivity contribution >= 4 is 28.8 Å². The summed E-state index contributed by atoms with van der Waals surface area (Å²) in [6.45, 7) is 0.922. The standard InChI is InChI=1S/C34H27N5O2/c40-30(38-29-18-10-11-21-35-29)20-19-28-31-33(36-24-37-34(31)41-23-26-14-6-2-7-15-26)39(22-25-12-4-1-5-13-25)32(28)27-16-8-3-9-17-27/h1-21,24H,22-23H2,(H,35,38,40)/b20-19+. The summed E-state index contributed by atoms with van der Waals surface area (Å²) in [6, 6.07) is 35.6. The number of amides is 1. The number of carbonyl (C=O) groups excluding carboxylic acids is 1. The van der Waals surface area contributed by atoms with Gasteiger partial charge in [-0.05, 0) is 34.9 Å². The summed E-state index contributed by atoms with van der Waals surface area (Å²) in [7, 11) is 0. The van der Waals surface area contributed by atoms with Crippen LogP contribution < -0.4 is 10.1 Å². The Balaban J connectivity index is 1.50. The summed E-state index contributed by atoms with van der Waals surface area (Å²) >= 11 is 0. The zero-order chi connectivity index (χ0) is 27.9. The van der Waals surface area contributed by atoms with Gasteiger partial charge in [0.05, 0.1) is 11.1 Å². The molecule has 41 heavy (non-hydrogen) atoms. The molecular formula is C34H27N5O2. The Morgan fingerprint density at radius 1 is 0.780 bits per heavy atom. The predicted octanol–water partition coefficient (Wildman–Crippen LogP) is 6.77. The maximum Gasteiger partial charge on any atom is 0.249 e. The third kappa shape index (κ3) is 5.89. The summed E-state index contributed by atoms with van der Waals surface area (Å²) in [5, 5.41) is 3.56. The lowest BCUT2D eigenvalue weighted by Crippen LogP contribution is -2.08. The first-order chi connectivity index (χ1) is 20.3. The van der Waals surface area contributed by atoms with E-state index in [1.807, 2.05) is 78.9 Å². The number of fused-ring (bicyclic) bond motifs is 1. The molecule has 3 aromatic carbocycles. The van der Waals surface area contributed by atoms with Crippen molar-refractivity contribution < 1.29 is 9.53 Å². The SMILES string of the molecule is O=C(/C=C/c1c(-c2ccccc2)n(Cc2ccccc2)c2ncnc(OCc3ccccc3)c12)Nc1ccccn1. The van der Waals surface area contributed by atoms with E-state index in [0.29, 0.717) is 24.8 Å². The van der Waals surface area contributed by atoms with Crippen LogP contribution in [-0.4, -0.2) is 25.4 Å². The maximum atomic E-state index is 13.0. The molecule has 7 heteroatoms. The van der Waals surface area contributed by atoms with Crippen molar-refractivity contribution in [2.24, 2.45) is 0 Å². The van der Waals surface area contributed by atoms with Crippen molar-refractivity contribution in [3.05, 3.63) is 144 Å². The molecule has 1 N–H and O–H groups in total. The highest BCUT2D eigenvalue weighted by molar-refractivity contribution is 6.05. The van der Waals surface area contributed by atoms with E-state index >= 15 is 0 Å². The first-order valence-corrected chi connectivity index (χ1v) is 13.3. The zero-order valence-electron chi connectivity index (χ0n) is 22.2. The Labute approximate surface area is 237 Å². The summed E-state index contributed by atoms with van der Waals surface area (Å²) in [5.74, 6) is 0.634. The topological polar surface area (TPSA) is 81.9 Å². The number of anilines is 1. The maximum absolute atomic E-state index is 13.0. The molecule has 3 aromatic heterocycles. The van der Waals surface area contributed by atoms with Crippen LogP contribution in [0.5, 0.6) is 5.88 Å². The minimum atomic E-state index is -0.296. The Kier molecular flexibility index (Phi) is 7.58. The van der Waals surface area contributed by atoms with Crippen LogP contribution in [-0.2, 0) is 17.9 Å². The van der Waals surface area contributed by atoms with Gasteiger partial charge in [0.1, 0.15) is 24.4 Å². The van der Waals surface area contributed by atoms with Crippen LogP contribution in [0.25, 0.3) is 28.4 Å². The van der Waals surface area contributed by atoms with E-state index in [2.05, 4.69) is 44.1 Å². The molecule has 6 aromatic rings. The van der Waals surface area contributed by atoms with Crippen molar-refractivity contribution in [1.29, 1.82) is 0 Å². The molecule has 0 aliphatic heterocycles. The monoisotopic (exact) mass is 537 g/mol. The molecule has 6 rings (SSSR count). The Morgan fingerprint density at radius 2 is 1.46 bits per heavy atom. The number of hydrogen-bond donors (Lipinski definition) is 1. The summed E-state index contributed by atoms with van der Waals surface area (Å²) in [5.41, 5.74) is 5.56. The van der Waals surface area contributed by atoms with Gasteiger partial charge < -0.3 is 14.6 Å². The van der Waals surface area contributed by atoms with E-state index in [0.717, 1.165) is 39.0 Å². The molecule has 0 bridgehead atoms. The molecule has 0 fully saturated rings. The highest BCUT2D eigenvalue weighted by atomic mass is 16.5. The van der Waals surface area contributed by atoms with Gasteiger partial charge in [-0.15, -0.1) is 0 Å². The highest BCUT2D eigenvalue weighted by Gasteiger charge is 2.23. The minimum Gasteiger partial charge on any atom is -0.472 e. The van der Waals surface area contributed by atoms with E-state index in [1.54, 1.807) is 18.3 Å². The smallest absolute Gasteiger partial charge is 0.249 e. The summed E-state index contributed by atoms with van der Waals surface area (Å²) in [6.07, 6.45) is 6.48. The lowest BCUT2D eigenvalue weighted by molar-refractivity contribution is -0.111. The number of carbonyl (C=O) groups is 1. The number of ether oxygens (including phenoxy) is 1. The minimum absolute atomic E-state index is 0.296. The molecule has 0 saturated carbocycles. The van der Waals surface area contributed by atoms with Crippen LogP contribution in [0.2, 0.25) is 0 Å². The highest BCUT2D eigenvalue weighted by Crippen LogP contribution is 2.38. The molecule has 0 unspecified atom stereocenters. The second kappa shape index (κ2) is 12.1. The molecule has 0 radical (unpaired) electrons. The van der Waals surface area contributed by atoms with E-state index in [9.17, 15) is 4.79 Å². The molecule has 0 aliphatic rings. The average molecular weight is 538 g/mol. The fourth-order valence-electron chi connectivity index (χ4n) is 4.76. The molecule has 1 amide bonds. The third-order valence-corrected chi connectivity index (χ3v) is 6.61. The molecule has 200 valence electrons. The van der Waals surface area contributed by atoms with Gasteiger partial charge in [0.15, 0.2) is 0 Å². The first-order valence-electron chi connectivity index (χ1n) is 13.3. The quantitative estimate of drug-likeness (QED) is 0.206. The largest absolute Gasteiger partial charge is 0.472 e. The fourth-order valence-corrected chi connectivity index (χ4v) is 4.76. The summed E-state index contributed by atoms with van der Waals surface area (Å²) in [4.78, 5) is 26.4. The Hall–Kier alpha value is -5.56. The lowest BCUT2D eigenvalue weighted by Gasteiger charge is -2.12. The van der Waals surface area contributed by atoms with Gasteiger partial charge >= 0.3 is 0 Å². The summed E-state index contributed by atoms with van der Waals surface area (Å²) < 4.78 is 8.45. The fraction of sp³-hybridized carbons (Fsp3) is 0.0588. The molecule has 3 heterocycles. The van der Waals surface area contributed by atoms with Crippen LogP contribution in [0.4, 0.5) is 5.82 Å².